The van der Waals surface area contributed by atoms with E-state index in [4.69, 9.17) is 28.7 Å². The highest BCUT2D eigenvalue weighted by Gasteiger charge is 2.32. The van der Waals surface area contributed by atoms with E-state index < -0.39 is 60.2 Å². The van der Waals surface area contributed by atoms with Gasteiger partial charge in [0.1, 0.15) is 18.1 Å². The zero-order valence-electron chi connectivity index (χ0n) is 21.2. The zero-order valence-corrected chi connectivity index (χ0v) is 21.2. The van der Waals surface area contributed by atoms with Crippen LogP contribution in [0.3, 0.4) is 0 Å². The van der Waals surface area contributed by atoms with Gasteiger partial charge >= 0.3 is 5.97 Å². The van der Waals surface area contributed by atoms with E-state index in [9.17, 15) is 29.1 Å². The molecule has 4 unspecified atom stereocenters. The van der Waals surface area contributed by atoms with Crippen molar-refractivity contribution >= 4 is 41.5 Å². The fourth-order valence-corrected chi connectivity index (χ4v) is 3.67. The third-order valence-corrected chi connectivity index (χ3v) is 5.55. The summed E-state index contributed by atoms with van der Waals surface area (Å²) < 4.78 is 0. The highest BCUT2D eigenvalue weighted by atomic mass is 16.4. The molecule has 1 rings (SSSR count). The summed E-state index contributed by atoms with van der Waals surface area (Å²) in [5.74, 6) is -4.56. The maximum atomic E-state index is 13.0. The van der Waals surface area contributed by atoms with Crippen molar-refractivity contribution in [1.82, 2.24) is 21.3 Å². The number of guanidine groups is 2. The lowest BCUT2D eigenvalue weighted by atomic mass is 10.1. The highest BCUT2D eigenvalue weighted by molar-refractivity contribution is 5.96. The molecule has 0 aromatic heterocycles. The number of carbonyl (C=O) groups is 5. The van der Waals surface area contributed by atoms with Crippen LogP contribution in [0.25, 0.3) is 0 Å². The Balaban J connectivity index is 2.96. The number of carboxylic acids is 1. The van der Waals surface area contributed by atoms with Crippen molar-refractivity contribution in [2.75, 3.05) is 19.6 Å². The molecule has 0 radical (unpaired) electrons. The minimum absolute atomic E-state index is 0.0151. The number of nitrogens with two attached hydrogens (primary N) is 5. The van der Waals surface area contributed by atoms with Crippen LogP contribution in [0.5, 0.6) is 0 Å². The predicted octanol–water partition coefficient (Wildman–Crippen LogP) is -4.74. The lowest BCUT2D eigenvalue weighted by Crippen LogP contribution is -2.57. The van der Waals surface area contributed by atoms with Crippen molar-refractivity contribution in [3.05, 3.63) is 0 Å². The Hall–Kier alpha value is -4.15. The van der Waals surface area contributed by atoms with Gasteiger partial charge in [-0.05, 0) is 45.1 Å². The number of hydrogen-bond acceptors (Lipinski definition) is 8. The van der Waals surface area contributed by atoms with Crippen LogP contribution in [-0.2, 0) is 24.0 Å². The van der Waals surface area contributed by atoms with E-state index in [0.717, 1.165) is 6.42 Å². The summed E-state index contributed by atoms with van der Waals surface area (Å²) in [4.78, 5) is 69.4. The van der Waals surface area contributed by atoms with E-state index >= 15 is 0 Å². The van der Waals surface area contributed by atoms with E-state index in [-0.39, 0.29) is 50.7 Å². The molecule has 0 bridgehead atoms. The van der Waals surface area contributed by atoms with Crippen LogP contribution in [0.15, 0.2) is 9.98 Å². The number of nitrogens with zero attached hydrogens (tertiary/aromatic N) is 2. The van der Waals surface area contributed by atoms with Gasteiger partial charge in [0.15, 0.2) is 11.9 Å². The first-order valence-electron chi connectivity index (χ1n) is 12.2. The second kappa shape index (κ2) is 16.6. The SMILES string of the molecule is NC(=O)CC(NC(=O)C1CCCN1)C(=O)NC(CCCN=C(N)N)C(=O)NC(CCCN=C(N)N)C(=O)O. The maximum Gasteiger partial charge on any atom is 0.326 e. The molecule has 4 amide bonds. The molecule has 1 heterocycles. The summed E-state index contributed by atoms with van der Waals surface area (Å²) in [6.45, 7) is 0.933. The van der Waals surface area contributed by atoms with Gasteiger partial charge in [0, 0.05) is 13.1 Å². The van der Waals surface area contributed by atoms with Crippen molar-refractivity contribution in [1.29, 1.82) is 0 Å². The number of aliphatic carboxylic acids is 1. The summed E-state index contributed by atoms with van der Waals surface area (Å²) in [6.07, 6.45) is 1.38. The third kappa shape index (κ3) is 12.7. The van der Waals surface area contributed by atoms with Crippen LogP contribution in [0.1, 0.15) is 44.9 Å². The molecule has 4 atom stereocenters. The Morgan fingerprint density at radius 3 is 1.82 bits per heavy atom. The Morgan fingerprint density at radius 1 is 0.816 bits per heavy atom. The number of aliphatic imine (C=N–C) groups is 2. The fourth-order valence-electron chi connectivity index (χ4n) is 3.67. The Labute approximate surface area is 219 Å². The predicted molar refractivity (Wildman–Crippen MR) is 138 cm³/mol. The van der Waals surface area contributed by atoms with Crippen LogP contribution in [0.2, 0.25) is 0 Å². The molecule has 15 N–H and O–H groups in total. The average Bonchev–Trinajstić information content (AvgIpc) is 3.36. The van der Waals surface area contributed by atoms with Gasteiger partial charge in [0.05, 0.1) is 12.5 Å². The zero-order chi connectivity index (χ0) is 28.7. The topological polar surface area (TPSA) is 309 Å². The number of rotatable bonds is 17. The van der Waals surface area contributed by atoms with E-state index in [0.29, 0.717) is 13.0 Å². The summed E-state index contributed by atoms with van der Waals surface area (Å²) in [5.41, 5.74) is 26.4. The Bertz CT molecular complexity index is 896. The lowest BCUT2D eigenvalue weighted by molar-refractivity contribution is -0.142. The Kier molecular flexibility index (Phi) is 13.9. The molecular weight excluding hydrogens is 502 g/mol. The monoisotopic (exact) mass is 541 g/mol. The summed E-state index contributed by atoms with van der Waals surface area (Å²) in [5, 5.41) is 19.9. The molecule has 1 aliphatic heterocycles. The van der Waals surface area contributed by atoms with Crippen LogP contribution in [-0.4, -0.2) is 90.4 Å². The van der Waals surface area contributed by atoms with E-state index in [1.54, 1.807) is 0 Å². The van der Waals surface area contributed by atoms with E-state index in [2.05, 4.69) is 31.3 Å². The number of hydrogen-bond donors (Lipinski definition) is 10. The van der Waals surface area contributed by atoms with Gasteiger partial charge < -0.3 is 55.0 Å². The molecule has 1 fully saturated rings. The molecule has 0 aliphatic carbocycles. The van der Waals surface area contributed by atoms with Gasteiger partial charge in [-0.3, -0.25) is 29.2 Å². The molecule has 1 saturated heterocycles. The van der Waals surface area contributed by atoms with E-state index in [1.807, 2.05) is 0 Å². The average molecular weight is 542 g/mol. The summed E-state index contributed by atoms with van der Waals surface area (Å²) in [6, 6.07) is -4.38. The van der Waals surface area contributed by atoms with Gasteiger partial charge in [-0.15, -0.1) is 0 Å². The van der Waals surface area contributed by atoms with Crippen LogP contribution in [0, 0.1) is 0 Å². The van der Waals surface area contributed by atoms with Gasteiger partial charge in [-0.25, -0.2) is 4.79 Å². The molecule has 38 heavy (non-hydrogen) atoms. The molecule has 17 nitrogen and oxygen atoms in total. The molecule has 17 heteroatoms. The normalized spacial score (nSPS) is 16.8. The van der Waals surface area contributed by atoms with Crippen molar-refractivity contribution in [2.24, 2.45) is 38.7 Å². The molecule has 214 valence electrons. The van der Waals surface area contributed by atoms with Crippen molar-refractivity contribution < 1.29 is 29.1 Å². The largest absolute Gasteiger partial charge is 0.480 e. The summed E-state index contributed by atoms with van der Waals surface area (Å²) >= 11 is 0. The first kappa shape index (κ1) is 31.9. The second-order valence-electron chi connectivity index (χ2n) is 8.74. The van der Waals surface area contributed by atoms with Gasteiger partial charge in [-0.2, -0.15) is 0 Å². The van der Waals surface area contributed by atoms with E-state index in [1.165, 1.54) is 0 Å². The third-order valence-electron chi connectivity index (χ3n) is 5.55. The molecule has 1 aliphatic rings. The molecular formula is C21H39N11O6. The number of primary amides is 1. The number of carboxylic acid groups (broad SMARTS) is 1. The van der Waals surface area contributed by atoms with Crippen LogP contribution < -0.4 is 49.9 Å². The van der Waals surface area contributed by atoms with Crippen LogP contribution in [0.4, 0.5) is 0 Å². The second-order valence-corrected chi connectivity index (χ2v) is 8.74. The molecule has 0 aromatic carbocycles. The first-order valence-corrected chi connectivity index (χ1v) is 12.2. The van der Waals surface area contributed by atoms with Crippen molar-refractivity contribution in [2.45, 2.75) is 69.1 Å². The molecule has 0 spiro atoms. The van der Waals surface area contributed by atoms with Crippen molar-refractivity contribution in [3.8, 4) is 0 Å². The van der Waals surface area contributed by atoms with Gasteiger partial charge in [-0.1, -0.05) is 0 Å². The van der Waals surface area contributed by atoms with Crippen molar-refractivity contribution in [3.63, 3.8) is 0 Å². The standard InChI is InChI=1S/C21H39N11O6/c22-15(33)10-14(32-16(34)11-4-1-7-27-11)18(36)30-12(5-2-8-28-20(23)24)17(35)31-13(19(37)38)6-3-9-29-21(25)26/h11-14,27H,1-10H2,(H2,22,33)(H,30,36)(H,31,35)(H,32,34)(H,37,38)(H4,23,24,28)(H4,25,26,29). The van der Waals surface area contributed by atoms with Gasteiger partial charge in [0.25, 0.3) is 0 Å². The fraction of sp³-hybridized carbons (Fsp3) is 0.667. The van der Waals surface area contributed by atoms with Crippen LogP contribution >= 0.6 is 0 Å². The quantitative estimate of drug-likeness (QED) is 0.0473. The maximum absolute atomic E-state index is 13.0. The molecule has 0 saturated carbocycles. The number of carbonyl (C=O) groups excluding carboxylic acids is 4. The highest BCUT2D eigenvalue weighted by Crippen LogP contribution is 2.07. The smallest absolute Gasteiger partial charge is 0.326 e. The summed E-state index contributed by atoms with van der Waals surface area (Å²) in [7, 11) is 0. The lowest BCUT2D eigenvalue weighted by Gasteiger charge is -2.24. The molecule has 0 aromatic rings. The number of nitrogens with one attached hydrogen (secondary N) is 4. The van der Waals surface area contributed by atoms with Gasteiger partial charge in [0.2, 0.25) is 23.6 Å². The minimum atomic E-state index is -1.34. The number of amides is 4. The minimum Gasteiger partial charge on any atom is -0.480 e. The Morgan fingerprint density at radius 2 is 1.34 bits per heavy atom. The first-order chi connectivity index (χ1) is 17.9.